The van der Waals surface area contributed by atoms with Gasteiger partial charge in [-0.25, -0.2) is 4.79 Å². The van der Waals surface area contributed by atoms with Crippen LogP contribution in [0.15, 0.2) is 24.3 Å². The Labute approximate surface area is 132 Å². The zero-order valence-corrected chi connectivity index (χ0v) is 13.8. The summed E-state index contributed by atoms with van der Waals surface area (Å²) in [7, 11) is 0. The minimum absolute atomic E-state index is 0.474. The van der Waals surface area contributed by atoms with Crippen LogP contribution in [0.4, 0.5) is 0 Å². The van der Waals surface area contributed by atoms with Crippen LogP contribution >= 0.6 is 11.6 Å². The van der Waals surface area contributed by atoms with Crippen LogP contribution in [0.5, 0.6) is 0 Å². The van der Waals surface area contributed by atoms with Gasteiger partial charge in [0.05, 0.1) is 0 Å². The van der Waals surface area contributed by atoms with Gasteiger partial charge in [0.25, 0.3) is 0 Å². The van der Waals surface area contributed by atoms with E-state index >= 15 is 0 Å². The molecule has 2 N–H and O–H groups in total. The lowest BCUT2D eigenvalue weighted by molar-refractivity contribution is -0.145. The van der Waals surface area contributed by atoms with Crippen molar-refractivity contribution in [1.29, 1.82) is 0 Å². The molecule has 0 bridgehead atoms. The highest BCUT2D eigenvalue weighted by atomic mass is 35.5. The van der Waals surface area contributed by atoms with Gasteiger partial charge in [-0.15, -0.1) is 0 Å². The van der Waals surface area contributed by atoms with Crippen molar-refractivity contribution in [3.63, 3.8) is 0 Å². The summed E-state index contributed by atoms with van der Waals surface area (Å²) in [5.74, 6) is -0.855. The fourth-order valence-corrected chi connectivity index (χ4v) is 2.61. The van der Waals surface area contributed by atoms with Gasteiger partial charge in [-0.05, 0) is 37.2 Å². The predicted octanol–water partition coefficient (Wildman–Crippen LogP) is 2.96. The quantitative estimate of drug-likeness (QED) is 0.736. The molecule has 0 radical (unpaired) electrons. The van der Waals surface area contributed by atoms with Crippen molar-refractivity contribution in [3.8, 4) is 0 Å². The molecule has 0 heterocycles. The average Bonchev–Trinajstić information content (AvgIpc) is 2.49. The molecule has 1 atom stereocenters. The van der Waals surface area contributed by atoms with Crippen LogP contribution in [-0.4, -0.2) is 42.2 Å². The Morgan fingerprint density at radius 3 is 2.24 bits per heavy atom. The molecule has 1 unspecified atom stereocenters. The molecule has 0 fully saturated rings. The maximum Gasteiger partial charge on any atom is 0.328 e. The van der Waals surface area contributed by atoms with E-state index in [1.807, 2.05) is 6.92 Å². The van der Waals surface area contributed by atoms with E-state index in [1.165, 1.54) is 0 Å². The van der Waals surface area contributed by atoms with Crippen molar-refractivity contribution >= 4 is 17.6 Å². The number of hydrogen-bond acceptors (Lipinski definition) is 3. The smallest absolute Gasteiger partial charge is 0.328 e. The third-order valence-electron chi connectivity index (χ3n) is 3.98. The first-order chi connectivity index (χ1) is 10.00. The number of likely N-dealkylation sites (N-methyl/N-ethyl adjacent to an activating group) is 1. The molecule has 0 spiro atoms. The molecule has 5 heteroatoms. The van der Waals surface area contributed by atoms with Gasteiger partial charge >= 0.3 is 5.97 Å². The van der Waals surface area contributed by atoms with Crippen molar-refractivity contribution < 1.29 is 9.90 Å². The molecule has 1 aromatic carbocycles. The standard InChI is InChI=1S/C16H25ClN2O2/c1-4-16(15(20)21,13-7-9-14(17)10-8-13)18-11-12-19(5-2)6-3/h7-10,18H,4-6,11-12H2,1-3H3,(H,20,21). The largest absolute Gasteiger partial charge is 0.480 e. The van der Waals surface area contributed by atoms with E-state index in [0.717, 1.165) is 25.2 Å². The van der Waals surface area contributed by atoms with E-state index in [0.29, 0.717) is 18.0 Å². The maximum atomic E-state index is 11.8. The summed E-state index contributed by atoms with van der Waals surface area (Å²) in [4.78, 5) is 14.1. The molecule has 1 rings (SSSR count). The molecule has 118 valence electrons. The minimum atomic E-state index is -1.06. The first kappa shape index (κ1) is 18.0. The number of carbonyl (C=O) groups is 1. The summed E-state index contributed by atoms with van der Waals surface area (Å²) in [6.45, 7) is 9.48. The van der Waals surface area contributed by atoms with E-state index in [-0.39, 0.29) is 0 Å². The van der Waals surface area contributed by atoms with Crippen molar-refractivity contribution in [1.82, 2.24) is 10.2 Å². The molecule has 0 aliphatic heterocycles. The molecule has 0 aliphatic rings. The van der Waals surface area contributed by atoms with Crippen LogP contribution in [0.3, 0.4) is 0 Å². The van der Waals surface area contributed by atoms with Crippen molar-refractivity contribution in [2.24, 2.45) is 0 Å². The van der Waals surface area contributed by atoms with Gasteiger partial charge in [0.2, 0.25) is 0 Å². The SMILES string of the molecule is CCN(CC)CCNC(CC)(C(=O)O)c1ccc(Cl)cc1. The van der Waals surface area contributed by atoms with E-state index in [4.69, 9.17) is 11.6 Å². The molecule has 0 saturated carbocycles. The van der Waals surface area contributed by atoms with Gasteiger partial charge in [-0.2, -0.15) is 0 Å². The van der Waals surface area contributed by atoms with Crippen LogP contribution in [0.1, 0.15) is 32.8 Å². The van der Waals surface area contributed by atoms with Crippen LogP contribution in [0, 0.1) is 0 Å². The molecule has 0 saturated heterocycles. The summed E-state index contributed by atoms with van der Waals surface area (Å²) < 4.78 is 0. The van der Waals surface area contributed by atoms with Gasteiger partial charge in [0.1, 0.15) is 5.54 Å². The fraction of sp³-hybridized carbons (Fsp3) is 0.562. The van der Waals surface area contributed by atoms with Crippen molar-refractivity contribution in [2.75, 3.05) is 26.2 Å². The number of carboxylic acid groups (broad SMARTS) is 1. The van der Waals surface area contributed by atoms with E-state index < -0.39 is 11.5 Å². The summed E-state index contributed by atoms with van der Waals surface area (Å²) in [5.41, 5.74) is -0.320. The normalized spacial score (nSPS) is 14.1. The van der Waals surface area contributed by atoms with Crippen LogP contribution in [0.25, 0.3) is 0 Å². The third-order valence-corrected chi connectivity index (χ3v) is 4.23. The zero-order valence-electron chi connectivity index (χ0n) is 13.0. The molecule has 0 aromatic heterocycles. The summed E-state index contributed by atoms with van der Waals surface area (Å²) in [6.07, 6.45) is 0.474. The third kappa shape index (κ3) is 4.43. The molecule has 21 heavy (non-hydrogen) atoms. The minimum Gasteiger partial charge on any atom is -0.480 e. The van der Waals surface area contributed by atoms with Gasteiger partial charge in [0, 0.05) is 18.1 Å². The van der Waals surface area contributed by atoms with Crippen LogP contribution in [0.2, 0.25) is 5.02 Å². The molecule has 0 amide bonds. The maximum absolute atomic E-state index is 11.8. The Kier molecular flexibility index (Phi) is 7.15. The Morgan fingerprint density at radius 2 is 1.81 bits per heavy atom. The number of rotatable bonds is 9. The highest BCUT2D eigenvalue weighted by molar-refractivity contribution is 6.30. The predicted molar refractivity (Wildman–Crippen MR) is 86.8 cm³/mol. The molecule has 4 nitrogen and oxygen atoms in total. The van der Waals surface area contributed by atoms with E-state index in [2.05, 4.69) is 24.1 Å². The van der Waals surface area contributed by atoms with Gasteiger partial charge < -0.3 is 10.0 Å². The Morgan fingerprint density at radius 1 is 1.24 bits per heavy atom. The molecule has 0 aliphatic carbocycles. The molecular weight excluding hydrogens is 288 g/mol. The van der Waals surface area contributed by atoms with Crippen LogP contribution in [-0.2, 0) is 10.3 Å². The van der Waals surface area contributed by atoms with E-state index in [1.54, 1.807) is 24.3 Å². The lowest BCUT2D eigenvalue weighted by Gasteiger charge is -2.31. The Balaban J connectivity index is 2.89. The zero-order chi connectivity index (χ0) is 15.9. The number of aliphatic carboxylic acids is 1. The Bertz CT molecular complexity index is 446. The summed E-state index contributed by atoms with van der Waals surface area (Å²) in [6, 6.07) is 7.03. The number of hydrogen-bond donors (Lipinski definition) is 2. The average molecular weight is 313 g/mol. The number of nitrogens with one attached hydrogen (secondary N) is 1. The monoisotopic (exact) mass is 312 g/mol. The number of halogens is 1. The summed E-state index contributed by atoms with van der Waals surface area (Å²) in [5, 5.41) is 13.6. The second-order valence-electron chi connectivity index (χ2n) is 5.02. The van der Waals surface area contributed by atoms with Crippen molar-refractivity contribution in [2.45, 2.75) is 32.7 Å². The van der Waals surface area contributed by atoms with Crippen molar-refractivity contribution in [3.05, 3.63) is 34.9 Å². The van der Waals surface area contributed by atoms with Gasteiger partial charge in [-0.1, -0.05) is 44.5 Å². The number of nitrogens with zero attached hydrogens (tertiary/aromatic N) is 1. The second-order valence-corrected chi connectivity index (χ2v) is 5.46. The molecule has 1 aromatic rings. The lowest BCUT2D eigenvalue weighted by atomic mass is 9.87. The number of benzene rings is 1. The first-order valence-electron chi connectivity index (χ1n) is 7.47. The highest BCUT2D eigenvalue weighted by Crippen LogP contribution is 2.26. The second kappa shape index (κ2) is 8.37. The topological polar surface area (TPSA) is 52.6 Å². The first-order valence-corrected chi connectivity index (χ1v) is 7.84. The van der Waals surface area contributed by atoms with Gasteiger partial charge in [0.15, 0.2) is 0 Å². The van der Waals surface area contributed by atoms with Gasteiger partial charge in [-0.3, -0.25) is 5.32 Å². The van der Waals surface area contributed by atoms with E-state index in [9.17, 15) is 9.90 Å². The number of carboxylic acids is 1. The molecular formula is C16H25ClN2O2. The lowest BCUT2D eigenvalue weighted by Crippen LogP contribution is -2.51. The highest BCUT2D eigenvalue weighted by Gasteiger charge is 2.38. The Hall–Kier alpha value is -1.10. The fourth-order valence-electron chi connectivity index (χ4n) is 2.48. The summed E-state index contributed by atoms with van der Waals surface area (Å²) >= 11 is 5.89. The van der Waals surface area contributed by atoms with Crippen LogP contribution < -0.4 is 5.32 Å².